The van der Waals surface area contributed by atoms with Gasteiger partial charge in [0.1, 0.15) is 5.75 Å². The second kappa shape index (κ2) is 4.94. The van der Waals surface area contributed by atoms with Gasteiger partial charge in [-0.1, -0.05) is 6.07 Å². The Bertz CT molecular complexity index is 795. The molecule has 3 rings (SSSR count). The number of nitrogens with two attached hydrogens (primary N) is 1. The lowest BCUT2D eigenvalue weighted by Crippen LogP contribution is -2.12. The van der Waals surface area contributed by atoms with Crippen molar-refractivity contribution in [1.29, 1.82) is 0 Å². The maximum Gasteiger partial charge on any atom is 0.249 e. The third kappa shape index (κ3) is 2.12. The molecule has 0 saturated carbocycles. The van der Waals surface area contributed by atoms with E-state index in [1.807, 2.05) is 24.3 Å². The molecular weight excluding hydrogens is 272 g/mol. The molecular formula is C15H12N2O2S. The predicted octanol–water partition coefficient (Wildman–Crippen LogP) is 3.07. The van der Waals surface area contributed by atoms with Crippen molar-refractivity contribution in [2.45, 2.75) is 0 Å². The summed E-state index contributed by atoms with van der Waals surface area (Å²) in [6, 6.07) is 11.1. The van der Waals surface area contributed by atoms with E-state index in [9.17, 15) is 4.79 Å². The van der Waals surface area contributed by atoms with Gasteiger partial charge in [0, 0.05) is 5.56 Å². The maximum atomic E-state index is 11.6. The number of rotatable bonds is 3. The zero-order chi connectivity index (χ0) is 14.1. The third-order valence-corrected chi connectivity index (χ3v) is 3.94. The molecule has 0 bridgehead atoms. The first-order chi connectivity index (χ1) is 9.69. The van der Waals surface area contributed by atoms with Crippen molar-refractivity contribution in [1.82, 2.24) is 4.98 Å². The fourth-order valence-corrected chi connectivity index (χ4v) is 2.79. The van der Waals surface area contributed by atoms with Gasteiger partial charge in [-0.2, -0.15) is 0 Å². The summed E-state index contributed by atoms with van der Waals surface area (Å²) in [4.78, 5) is 15.9. The van der Waals surface area contributed by atoms with E-state index < -0.39 is 5.91 Å². The van der Waals surface area contributed by atoms with Gasteiger partial charge in [-0.15, -0.1) is 11.3 Å². The molecule has 2 N–H and O–H groups in total. The molecule has 0 fully saturated rings. The van der Waals surface area contributed by atoms with Crippen LogP contribution in [0.2, 0.25) is 0 Å². The number of nitrogens with zero attached hydrogens (tertiary/aromatic N) is 1. The second-order valence-corrected chi connectivity index (χ2v) is 5.20. The molecule has 0 saturated heterocycles. The Balaban J connectivity index is 2.22. The molecule has 0 aliphatic rings. The number of benzene rings is 2. The number of fused-ring (bicyclic) bond motifs is 1. The molecule has 0 aliphatic carbocycles. The number of amides is 1. The van der Waals surface area contributed by atoms with Gasteiger partial charge in [0.25, 0.3) is 0 Å². The van der Waals surface area contributed by atoms with Crippen LogP contribution in [0.1, 0.15) is 10.4 Å². The van der Waals surface area contributed by atoms with Gasteiger partial charge in [0.05, 0.1) is 22.8 Å². The topological polar surface area (TPSA) is 65.2 Å². The molecule has 1 heterocycles. The second-order valence-electron chi connectivity index (χ2n) is 4.31. The van der Waals surface area contributed by atoms with Gasteiger partial charge in [-0.05, 0) is 41.5 Å². The summed E-state index contributed by atoms with van der Waals surface area (Å²) in [7, 11) is 1.59. The number of carbonyl (C=O) groups excluding carboxylic acids is 1. The van der Waals surface area contributed by atoms with Crippen molar-refractivity contribution in [3.05, 3.63) is 47.5 Å². The Morgan fingerprint density at radius 3 is 2.85 bits per heavy atom. The highest BCUT2D eigenvalue weighted by molar-refractivity contribution is 7.16. The Labute approximate surface area is 119 Å². The molecule has 20 heavy (non-hydrogen) atoms. The molecule has 1 amide bonds. The number of hydrogen-bond donors (Lipinski definition) is 1. The molecule has 5 heteroatoms. The highest BCUT2D eigenvalue weighted by Crippen LogP contribution is 2.30. The van der Waals surface area contributed by atoms with Crippen molar-refractivity contribution in [2.75, 3.05) is 7.11 Å². The van der Waals surface area contributed by atoms with Gasteiger partial charge in [0.2, 0.25) is 5.91 Å². The molecule has 0 radical (unpaired) electrons. The molecule has 2 aromatic carbocycles. The summed E-state index contributed by atoms with van der Waals surface area (Å²) in [5.41, 5.74) is 10.3. The number of methoxy groups -OCH3 is 1. The van der Waals surface area contributed by atoms with Crippen LogP contribution in [-0.4, -0.2) is 18.0 Å². The lowest BCUT2D eigenvalue weighted by Gasteiger charge is -2.09. The molecule has 3 aromatic rings. The first-order valence-corrected chi connectivity index (χ1v) is 6.88. The van der Waals surface area contributed by atoms with Gasteiger partial charge in [-0.25, -0.2) is 4.98 Å². The minimum Gasteiger partial charge on any atom is -0.497 e. The fourth-order valence-electron chi connectivity index (χ4n) is 2.13. The van der Waals surface area contributed by atoms with Gasteiger partial charge in [0.15, 0.2) is 0 Å². The number of primary amides is 1. The molecule has 100 valence electrons. The molecule has 0 aliphatic heterocycles. The Hall–Kier alpha value is -2.40. The molecule has 0 atom stereocenters. The predicted molar refractivity (Wildman–Crippen MR) is 80.1 cm³/mol. The average molecular weight is 284 g/mol. The van der Waals surface area contributed by atoms with Crippen molar-refractivity contribution < 1.29 is 9.53 Å². The SMILES string of the molecule is COc1ccc(C(N)=O)c(-c2ccc3scnc3c2)c1. The monoisotopic (exact) mass is 284 g/mol. The van der Waals surface area contributed by atoms with Crippen molar-refractivity contribution >= 4 is 27.5 Å². The maximum absolute atomic E-state index is 11.6. The van der Waals surface area contributed by atoms with Crippen LogP contribution in [0, 0.1) is 0 Å². The highest BCUT2D eigenvalue weighted by Gasteiger charge is 2.12. The Morgan fingerprint density at radius 1 is 1.25 bits per heavy atom. The Kier molecular flexibility index (Phi) is 3.12. The lowest BCUT2D eigenvalue weighted by molar-refractivity contribution is 0.100. The fraction of sp³-hybridized carbons (Fsp3) is 0.0667. The summed E-state index contributed by atoms with van der Waals surface area (Å²) in [6.07, 6.45) is 0. The molecule has 0 spiro atoms. The number of ether oxygens (including phenoxy) is 1. The van der Waals surface area contributed by atoms with E-state index in [4.69, 9.17) is 10.5 Å². The summed E-state index contributed by atoms with van der Waals surface area (Å²) >= 11 is 1.58. The third-order valence-electron chi connectivity index (χ3n) is 3.13. The van der Waals surface area contributed by atoms with Crippen LogP contribution in [0.4, 0.5) is 0 Å². The number of thiazole rings is 1. The van der Waals surface area contributed by atoms with Gasteiger partial charge >= 0.3 is 0 Å². The average Bonchev–Trinajstić information content (AvgIpc) is 2.93. The van der Waals surface area contributed by atoms with Crippen LogP contribution in [0.15, 0.2) is 41.9 Å². The van der Waals surface area contributed by atoms with Gasteiger partial charge in [-0.3, -0.25) is 4.79 Å². The van der Waals surface area contributed by atoms with Crippen LogP contribution < -0.4 is 10.5 Å². The molecule has 4 nitrogen and oxygen atoms in total. The smallest absolute Gasteiger partial charge is 0.249 e. The Morgan fingerprint density at radius 2 is 2.10 bits per heavy atom. The van der Waals surface area contributed by atoms with Crippen LogP contribution in [0.25, 0.3) is 21.3 Å². The van der Waals surface area contributed by atoms with Gasteiger partial charge < -0.3 is 10.5 Å². The zero-order valence-corrected chi connectivity index (χ0v) is 11.6. The standard InChI is InChI=1S/C15H12N2O2S/c1-19-10-3-4-11(15(16)18)12(7-10)9-2-5-14-13(6-9)17-8-20-14/h2-8H,1H3,(H2,16,18). The zero-order valence-electron chi connectivity index (χ0n) is 10.8. The minimum atomic E-state index is -0.457. The lowest BCUT2D eigenvalue weighted by atomic mass is 9.98. The van der Waals surface area contributed by atoms with E-state index in [0.29, 0.717) is 11.3 Å². The quantitative estimate of drug-likeness (QED) is 0.803. The van der Waals surface area contributed by atoms with Crippen LogP contribution >= 0.6 is 11.3 Å². The minimum absolute atomic E-state index is 0.457. The van der Waals surface area contributed by atoms with Crippen molar-refractivity contribution in [3.63, 3.8) is 0 Å². The summed E-state index contributed by atoms with van der Waals surface area (Å²) in [5.74, 6) is 0.226. The van der Waals surface area contributed by atoms with Crippen molar-refractivity contribution in [2.24, 2.45) is 5.73 Å². The van der Waals surface area contributed by atoms with E-state index in [1.165, 1.54) is 0 Å². The van der Waals surface area contributed by atoms with E-state index >= 15 is 0 Å². The van der Waals surface area contributed by atoms with Crippen LogP contribution in [-0.2, 0) is 0 Å². The molecule has 0 unspecified atom stereocenters. The summed E-state index contributed by atoms with van der Waals surface area (Å²) < 4.78 is 6.33. The van der Waals surface area contributed by atoms with Crippen LogP contribution in [0.5, 0.6) is 5.75 Å². The summed E-state index contributed by atoms with van der Waals surface area (Å²) in [5, 5.41) is 0. The normalized spacial score (nSPS) is 10.7. The van der Waals surface area contributed by atoms with Crippen molar-refractivity contribution in [3.8, 4) is 16.9 Å². The van der Waals surface area contributed by atoms with E-state index in [-0.39, 0.29) is 0 Å². The highest BCUT2D eigenvalue weighted by atomic mass is 32.1. The summed E-state index contributed by atoms with van der Waals surface area (Å²) in [6.45, 7) is 0. The van der Waals surface area contributed by atoms with E-state index in [0.717, 1.165) is 21.3 Å². The molecule has 1 aromatic heterocycles. The first-order valence-electron chi connectivity index (χ1n) is 6.00. The number of hydrogen-bond acceptors (Lipinski definition) is 4. The van der Waals surface area contributed by atoms with E-state index in [1.54, 1.807) is 36.1 Å². The first kappa shape index (κ1) is 12.6. The number of carbonyl (C=O) groups is 1. The van der Waals surface area contributed by atoms with Crippen LogP contribution in [0.3, 0.4) is 0 Å². The van der Waals surface area contributed by atoms with E-state index in [2.05, 4.69) is 4.98 Å². The largest absolute Gasteiger partial charge is 0.497 e. The number of aromatic nitrogens is 1.